The maximum atomic E-state index is 12.4. The molecule has 0 aliphatic carbocycles. The van der Waals surface area contributed by atoms with Crippen LogP contribution in [0.3, 0.4) is 0 Å². The molecule has 0 saturated carbocycles. The van der Waals surface area contributed by atoms with E-state index in [0.717, 1.165) is 12.0 Å². The Labute approximate surface area is 178 Å². The van der Waals surface area contributed by atoms with E-state index in [1.54, 1.807) is 0 Å². The summed E-state index contributed by atoms with van der Waals surface area (Å²) in [6.07, 6.45) is -0.153. The molecule has 1 fully saturated rings. The van der Waals surface area contributed by atoms with Crippen LogP contribution in [0.2, 0.25) is 0 Å². The lowest BCUT2D eigenvalue weighted by atomic mass is 9.88. The van der Waals surface area contributed by atoms with Gasteiger partial charge in [-0.05, 0) is 23.8 Å². The highest BCUT2D eigenvalue weighted by Gasteiger charge is 2.26. The number of amides is 1. The van der Waals surface area contributed by atoms with Gasteiger partial charge >= 0.3 is 6.09 Å². The van der Waals surface area contributed by atoms with Gasteiger partial charge in [0.05, 0.1) is 31.4 Å². The molecule has 2 rings (SSSR count). The highest BCUT2D eigenvalue weighted by Crippen LogP contribution is 2.20. The van der Waals surface area contributed by atoms with Crippen molar-refractivity contribution in [3.8, 4) is 6.07 Å². The van der Waals surface area contributed by atoms with Gasteiger partial charge in [0.1, 0.15) is 6.79 Å². The van der Waals surface area contributed by atoms with Gasteiger partial charge in [0, 0.05) is 19.5 Å². The van der Waals surface area contributed by atoms with Crippen LogP contribution >= 0.6 is 0 Å². The summed E-state index contributed by atoms with van der Waals surface area (Å²) in [4.78, 5) is 12.4. The third kappa shape index (κ3) is 9.09. The van der Waals surface area contributed by atoms with Crippen LogP contribution in [0.4, 0.5) is 4.79 Å². The highest BCUT2D eigenvalue weighted by molar-refractivity contribution is 5.68. The van der Waals surface area contributed by atoms with Gasteiger partial charge in [0.2, 0.25) is 0 Å². The SMILES string of the molecule is CC(C)(CCC#N)CNCC(O)[C@H](Cc1ccccc1)NC(=O)OC1COCOC1. The van der Waals surface area contributed by atoms with Crippen molar-refractivity contribution >= 4 is 6.09 Å². The van der Waals surface area contributed by atoms with Crippen LogP contribution in [0.5, 0.6) is 0 Å². The molecule has 3 N–H and O–H groups in total. The van der Waals surface area contributed by atoms with E-state index in [1.807, 2.05) is 30.3 Å². The topological polar surface area (TPSA) is 113 Å². The van der Waals surface area contributed by atoms with Crippen LogP contribution in [0.25, 0.3) is 0 Å². The van der Waals surface area contributed by atoms with Crippen LogP contribution in [0, 0.1) is 16.7 Å². The largest absolute Gasteiger partial charge is 0.441 e. The lowest BCUT2D eigenvalue weighted by molar-refractivity contribution is -0.151. The van der Waals surface area contributed by atoms with E-state index < -0.39 is 24.3 Å². The first-order valence-corrected chi connectivity index (χ1v) is 10.3. The zero-order valence-electron chi connectivity index (χ0n) is 17.8. The molecule has 30 heavy (non-hydrogen) atoms. The number of aliphatic hydroxyl groups excluding tert-OH is 1. The standard InChI is InChI=1S/C22H33N3O5/c1-22(2,9-6-10-23)15-24-12-20(26)19(11-17-7-4-3-5-8-17)25-21(27)30-18-13-28-16-29-14-18/h3-5,7-8,18-20,24,26H,6,9,11-16H2,1-2H3,(H,25,27)/t19-,20?/m0/s1. The van der Waals surface area contributed by atoms with E-state index >= 15 is 0 Å². The Bertz CT molecular complexity index is 671. The fourth-order valence-electron chi connectivity index (χ4n) is 3.21. The van der Waals surface area contributed by atoms with E-state index in [9.17, 15) is 9.90 Å². The normalized spacial score (nSPS) is 17.0. The third-order valence-electron chi connectivity index (χ3n) is 4.98. The molecule has 0 radical (unpaired) electrons. The van der Waals surface area contributed by atoms with E-state index in [2.05, 4.69) is 30.6 Å². The number of nitrogens with one attached hydrogen (secondary N) is 2. The Morgan fingerprint density at radius 1 is 1.33 bits per heavy atom. The molecule has 1 aliphatic rings. The predicted molar refractivity (Wildman–Crippen MR) is 112 cm³/mol. The number of nitriles is 1. The first-order chi connectivity index (χ1) is 14.4. The van der Waals surface area contributed by atoms with Crippen LogP contribution in [0.15, 0.2) is 30.3 Å². The molecule has 0 bridgehead atoms. The lowest BCUT2D eigenvalue weighted by Gasteiger charge is -2.29. The van der Waals surface area contributed by atoms with Gasteiger partial charge in [0.15, 0.2) is 6.10 Å². The van der Waals surface area contributed by atoms with Crippen molar-refractivity contribution in [1.82, 2.24) is 10.6 Å². The number of hydrogen-bond donors (Lipinski definition) is 3. The summed E-state index contributed by atoms with van der Waals surface area (Å²) in [6.45, 7) is 5.91. The molecule has 1 aromatic carbocycles. The molecule has 8 nitrogen and oxygen atoms in total. The van der Waals surface area contributed by atoms with Gasteiger partial charge < -0.3 is 30.0 Å². The van der Waals surface area contributed by atoms with E-state index in [-0.39, 0.29) is 12.2 Å². The van der Waals surface area contributed by atoms with Crippen LogP contribution < -0.4 is 10.6 Å². The zero-order valence-corrected chi connectivity index (χ0v) is 17.8. The molecular formula is C22H33N3O5. The zero-order chi connectivity index (χ0) is 21.8. The average Bonchev–Trinajstić information content (AvgIpc) is 2.73. The fraction of sp³-hybridized carbons (Fsp3) is 0.636. The molecule has 1 unspecified atom stereocenters. The number of hydrogen-bond acceptors (Lipinski definition) is 7. The summed E-state index contributed by atoms with van der Waals surface area (Å²) in [5.74, 6) is 0. The minimum atomic E-state index is -0.816. The molecule has 1 saturated heterocycles. The number of ether oxygens (including phenoxy) is 3. The Morgan fingerprint density at radius 3 is 2.70 bits per heavy atom. The second-order valence-electron chi connectivity index (χ2n) is 8.35. The summed E-state index contributed by atoms with van der Waals surface area (Å²) in [6, 6.07) is 11.3. The maximum Gasteiger partial charge on any atom is 0.407 e. The van der Waals surface area contributed by atoms with Gasteiger partial charge in [-0.15, -0.1) is 0 Å². The fourth-order valence-corrected chi connectivity index (χ4v) is 3.21. The number of carbonyl (C=O) groups excluding carboxylic acids is 1. The quantitative estimate of drug-likeness (QED) is 0.503. The van der Waals surface area contributed by atoms with Gasteiger partial charge in [0.25, 0.3) is 0 Å². The van der Waals surface area contributed by atoms with Crippen molar-refractivity contribution in [3.05, 3.63) is 35.9 Å². The highest BCUT2D eigenvalue weighted by atomic mass is 16.7. The van der Waals surface area contributed by atoms with Crippen molar-refractivity contribution in [2.45, 2.75) is 51.4 Å². The predicted octanol–water partition coefficient (Wildman–Crippen LogP) is 1.98. The molecule has 8 heteroatoms. The second-order valence-corrected chi connectivity index (χ2v) is 8.35. The molecule has 0 spiro atoms. The third-order valence-corrected chi connectivity index (χ3v) is 4.98. The van der Waals surface area contributed by atoms with Gasteiger partial charge in [-0.3, -0.25) is 0 Å². The van der Waals surface area contributed by atoms with Crippen molar-refractivity contribution in [3.63, 3.8) is 0 Å². The molecule has 166 valence electrons. The van der Waals surface area contributed by atoms with Crippen molar-refractivity contribution in [2.24, 2.45) is 5.41 Å². The van der Waals surface area contributed by atoms with E-state index in [4.69, 9.17) is 19.5 Å². The van der Waals surface area contributed by atoms with Gasteiger partial charge in [-0.25, -0.2) is 4.79 Å². The van der Waals surface area contributed by atoms with Crippen LogP contribution in [-0.2, 0) is 20.6 Å². The second kappa shape index (κ2) is 12.5. The Hall–Kier alpha value is -2.18. The van der Waals surface area contributed by atoms with Crippen molar-refractivity contribution in [2.75, 3.05) is 33.1 Å². The summed E-state index contributed by atoms with van der Waals surface area (Å²) in [5, 5.41) is 25.6. The summed E-state index contributed by atoms with van der Waals surface area (Å²) in [7, 11) is 0. The van der Waals surface area contributed by atoms with Gasteiger partial charge in [-0.1, -0.05) is 44.2 Å². The van der Waals surface area contributed by atoms with Crippen LogP contribution in [0.1, 0.15) is 32.3 Å². The summed E-state index contributed by atoms with van der Waals surface area (Å²) in [5.41, 5.74) is 0.943. The Kier molecular flexibility index (Phi) is 10.0. The number of alkyl carbamates (subject to hydrolysis) is 1. The van der Waals surface area contributed by atoms with Crippen molar-refractivity contribution < 1.29 is 24.1 Å². The van der Waals surface area contributed by atoms with E-state index in [1.165, 1.54) is 0 Å². The number of nitrogens with zero attached hydrogens (tertiary/aromatic N) is 1. The minimum absolute atomic E-state index is 0.0578. The van der Waals surface area contributed by atoms with Crippen LogP contribution in [-0.4, -0.2) is 62.5 Å². The van der Waals surface area contributed by atoms with E-state index in [0.29, 0.717) is 39.1 Å². The smallest absolute Gasteiger partial charge is 0.407 e. The average molecular weight is 420 g/mol. The number of aliphatic hydroxyl groups is 1. The number of rotatable bonds is 11. The van der Waals surface area contributed by atoms with Crippen molar-refractivity contribution in [1.29, 1.82) is 5.26 Å². The molecule has 1 aliphatic heterocycles. The molecule has 1 amide bonds. The number of carbonyl (C=O) groups is 1. The molecule has 1 heterocycles. The molecule has 0 aromatic heterocycles. The Balaban J connectivity index is 1.90. The summed E-state index contributed by atoms with van der Waals surface area (Å²) < 4.78 is 15.6. The Morgan fingerprint density at radius 2 is 2.03 bits per heavy atom. The monoisotopic (exact) mass is 419 g/mol. The minimum Gasteiger partial charge on any atom is -0.441 e. The molecule has 1 aromatic rings. The molecule has 2 atom stereocenters. The first-order valence-electron chi connectivity index (χ1n) is 10.3. The maximum absolute atomic E-state index is 12.4. The lowest BCUT2D eigenvalue weighted by Crippen LogP contribution is -2.50. The first kappa shape index (κ1) is 24.1. The van der Waals surface area contributed by atoms with Gasteiger partial charge in [-0.2, -0.15) is 5.26 Å². The molecular weight excluding hydrogens is 386 g/mol. The summed E-state index contributed by atoms with van der Waals surface area (Å²) >= 11 is 0. The number of benzene rings is 1.